The Morgan fingerprint density at radius 1 is 1.43 bits per heavy atom. The van der Waals surface area contributed by atoms with Crippen molar-refractivity contribution in [3.8, 4) is 0 Å². The second kappa shape index (κ2) is 6.10. The van der Waals surface area contributed by atoms with Crippen molar-refractivity contribution in [3.05, 3.63) is 63.0 Å². The highest BCUT2D eigenvalue weighted by Crippen LogP contribution is 2.40. The number of aliphatic hydroxyl groups excluding tert-OH is 1. The fourth-order valence-electron chi connectivity index (χ4n) is 2.85. The zero-order valence-electron chi connectivity index (χ0n) is 11.9. The number of rotatable bonds is 3. The maximum atomic E-state index is 13.5. The van der Waals surface area contributed by atoms with Crippen LogP contribution in [-0.4, -0.2) is 27.7 Å². The van der Waals surface area contributed by atoms with E-state index < -0.39 is 22.9 Å². The van der Waals surface area contributed by atoms with Crippen molar-refractivity contribution in [2.24, 2.45) is 0 Å². The molecule has 2 heterocycles. The van der Waals surface area contributed by atoms with E-state index in [2.05, 4.69) is 4.98 Å². The first-order valence-electron chi connectivity index (χ1n) is 6.96. The number of benzene rings is 1. The largest absolute Gasteiger partial charge is 0.391 e. The van der Waals surface area contributed by atoms with E-state index in [0.717, 1.165) is 0 Å². The summed E-state index contributed by atoms with van der Waals surface area (Å²) < 4.78 is 13.5. The van der Waals surface area contributed by atoms with E-state index in [1.54, 1.807) is 17.0 Å². The number of hydrogen-bond donors (Lipinski definition) is 1. The maximum Gasteiger partial charge on any atom is 0.313 e. The molecule has 1 aliphatic rings. The quantitative estimate of drug-likeness (QED) is 0.687. The number of β-amino-alcohol motifs (C(OH)–C–C–N with tert-alkyl or cyclic N) is 1. The molecule has 2 atom stereocenters. The fraction of sp³-hybridized carbons (Fsp3) is 0.267. The van der Waals surface area contributed by atoms with E-state index in [0.29, 0.717) is 12.0 Å². The van der Waals surface area contributed by atoms with Crippen molar-refractivity contribution in [2.45, 2.75) is 18.6 Å². The van der Waals surface area contributed by atoms with Gasteiger partial charge in [0.25, 0.3) is 0 Å². The zero-order chi connectivity index (χ0) is 16.6. The Labute approximate surface area is 136 Å². The van der Waals surface area contributed by atoms with Crippen molar-refractivity contribution in [1.29, 1.82) is 0 Å². The number of aliphatic hydroxyl groups is 1. The van der Waals surface area contributed by atoms with Crippen molar-refractivity contribution >= 4 is 23.1 Å². The predicted molar refractivity (Wildman–Crippen MR) is 83.0 cm³/mol. The van der Waals surface area contributed by atoms with Crippen molar-refractivity contribution in [3.63, 3.8) is 0 Å². The first-order chi connectivity index (χ1) is 11.0. The van der Waals surface area contributed by atoms with Crippen LogP contribution in [0.5, 0.6) is 0 Å². The fourth-order valence-corrected chi connectivity index (χ4v) is 3.01. The molecule has 2 aromatic rings. The van der Waals surface area contributed by atoms with Crippen LogP contribution in [-0.2, 0) is 0 Å². The summed E-state index contributed by atoms with van der Waals surface area (Å²) in [5.41, 5.74) is 0.389. The lowest BCUT2D eigenvalue weighted by Gasteiger charge is -2.25. The number of nitro groups is 1. The monoisotopic (exact) mass is 337 g/mol. The summed E-state index contributed by atoms with van der Waals surface area (Å²) in [6, 6.07) is 6.79. The number of nitrogens with zero attached hydrogens (tertiary/aromatic N) is 3. The van der Waals surface area contributed by atoms with Crippen LogP contribution in [0, 0.1) is 15.9 Å². The topological polar surface area (TPSA) is 79.5 Å². The molecule has 1 aromatic heterocycles. The first-order valence-corrected chi connectivity index (χ1v) is 7.33. The molecule has 0 unspecified atom stereocenters. The minimum absolute atomic E-state index is 0.116. The van der Waals surface area contributed by atoms with Gasteiger partial charge in [0.15, 0.2) is 0 Å². The van der Waals surface area contributed by atoms with Crippen molar-refractivity contribution < 1.29 is 14.4 Å². The molecule has 1 N–H and O–H groups in total. The Kier molecular flexibility index (Phi) is 4.14. The zero-order valence-corrected chi connectivity index (χ0v) is 12.7. The summed E-state index contributed by atoms with van der Waals surface area (Å²) in [6.45, 7) is 0.177. The normalized spacial score (nSPS) is 20.7. The third-order valence-electron chi connectivity index (χ3n) is 3.80. The van der Waals surface area contributed by atoms with Gasteiger partial charge in [-0.05, 0) is 24.1 Å². The summed E-state index contributed by atoms with van der Waals surface area (Å²) in [7, 11) is 0. The number of anilines is 1. The molecule has 0 saturated carbocycles. The van der Waals surface area contributed by atoms with Gasteiger partial charge in [-0.25, -0.2) is 9.37 Å². The van der Waals surface area contributed by atoms with Crippen LogP contribution in [0.15, 0.2) is 36.5 Å². The molecule has 23 heavy (non-hydrogen) atoms. The molecule has 3 rings (SSSR count). The molecule has 120 valence electrons. The van der Waals surface area contributed by atoms with Gasteiger partial charge in [-0.3, -0.25) is 10.1 Å². The summed E-state index contributed by atoms with van der Waals surface area (Å²) in [5.74, 6) is -0.285. The lowest BCUT2D eigenvalue weighted by Crippen LogP contribution is -2.26. The summed E-state index contributed by atoms with van der Waals surface area (Å²) in [6.07, 6.45) is 0.975. The molecule has 1 saturated heterocycles. The van der Waals surface area contributed by atoms with Crippen LogP contribution in [0.1, 0.15) is 18.0 Å². The van der Waals surface area contributed by atoms with Gasteiger partial charge in [0, 0.05) is 18.8 Å². The molecule has 1 fully saturated rings. The van der Waals surface area contributed by atoms with Crippen LogP contribution in [0.4, 0.5) is 15.9 Å². The molecule has 6 nitrogen and oxygen atoms in total. The van der Waals surface area contributed by atoms with E-state index in [1.165, 1.54) is 24.4 Å². The minimum atomic E-state index is -0.680. The van der Waals surface area contributed by atoms with Crippen LogP contribution in [0.2, 0.25) is 5.02 Å². The van der Waals surface area contributed by atoms with Gasteiger partial charge in [0.1, 0.15) is 5.82 Å². The van der Waals surface area contributed by atoms with E-state index in [1.807, 2.05) is 0 Å². The molecule has 0 spiro atoms. The second-order valence-corrected chi connectivity index (χ2v) is 5.80. The third kappa shape index (κ3) is 3.11. The average molecular weight is 338 g/mol. The van der Waals surface area contributed by atoms with Gasteiger partial charge in [-0.2, -0.15) is 0 Å². The second-order valence-electron chi connectivity index (χ2n) is 5.37. The molecule has 0 bridgehead atoms. The minimum Gasteiger partial charge on any atom is -0.391 e. The average Bonchev–Trinajstić information content (AvgIpc) is 2.89. The number of halogens is 2. The highest BCUT2D eigenvalue weighted by atomic mass is 35.5. The highest BCUT2D eigenvalue weighted by molar-refractivity contribution is 6.30. The van der Waals surface area contributed by atoms with Crippen LogP contribution >= 0.6 is 11.6 Å². The predicted octanol–water partition coefficient (Wildman–Crippen LogP) is 3.09. The molecular weight excluding hydrogens is 325 g/mol. The highest BCUT2D eigenvalue weighted by Gasteiger charge is 2.36. The lowest BCUT2D eigenvalue weighted by molar-refractivity contribution is -0.384. The SMILES string of the molecule is O=[N+]([O-])c1cc(Cl)cnc1N1C[C@H](O)C[C@H]1c1cccc(F)c1. The van der Waals surface area contributed by atoms with Gasteiger partial charge in [-0.15, -0.1) is 0 Å². The molecule has 0 amide bonds. The third-order valence-corrected chi connectivity index (χ3v) is 4.00. The van der Waals surface area contributed by atoms with E-state index in [9.17, 15) is 19.6 Å². The smallest absolute Gasteiger partial charge is 0.313 e. The summed E-state index contributed by atoms with van der Waals surface area (Å²) in [5, 5.41) is 21.4. The van der Waals surface area contributed by atoms with Crippen LogP contribution in [0.25, 0.3) is 0 Å². The van der Waals surface area contributed by atoms with E-state index >= 15 is 0 Å². The van der Waals surface area contributed by atoms with Gasteiger partial charge < -0.3 is 10.0 Å². The number of pyridine rings is 1. The van der Waals surface area contributed by atoms with Crippen LogP contribution in [0.3, 0.4) is 0 Å². The van der Waals surface area contributed by atoms with Crippen molar-refractivity contribution in [2.75, 3.05) is 11.4 Å². The van der Waals surface area contributed by atoms with Gasteiger partial charge in [0.05, 0.1) is 22.1 Å². The van der Waals surface area contributed by atoms with Gasteiger partial charge in [0.2, 0.25) is 5.82 Å². The lowest BCUT2D eigenvalue weighted by atomic mass is 10.0. The molecule has 8 heteroatoms. The maximum absolute atomic E-state index is 13.5. The Morgan fingerprint density at radius 2 is 2.22 bits per heavy atom. The molecule has 1 aliphatic heterocycles. The molecule has 0 radical (unpaired) electrons. The standard InChI is InChI=1S/C15H13ClFN3O3/c16-10-5-14(20(22)23)15(18-7-10)19-8-12(21)6-13(19)9-2-1-3-11(17)4-9/h1-5,7,12-13,21H,6,8H2/t12-,13+/m1/s1. The van der Waals surface area contributed by atoms with Crippen molar-refractivity contribution in [1.82, 2.24) is 4.98 Å². The molecule has 0 aliphatic carbocycles. The van der Waals surface area contributed by atoms with E-state index in [-0.39, 0.29) is 23.1 Å². The Balaban J connectivity index is 2.05. The van der Waals surface area contributed by atoms with Crippen LogP contribution < -0.4 is 4.90 Å². The van der Waals surface area contributed by atoms with E-state index in [4.69, 9.17) is 11.6 Å². The Morgan fingerprint density at radius 3 is 2.91 bits per heavy atom. The Bertz CT molecular complexity index is 758. The first kappa shape index (κ1) is 15.6. The molecular formula is C15H13ClFN3O3. The summed E-state index contributed by atoms with van der Waals surface area (Å²) in [4.78, 5) is 16.4. The summed E-state index contributed by atoms with van der Waals surface area (Å²) >= 11 is 5.79. The Hall–Kier alpha value is -2.25. The van der Waals surface area contributed by atoms with Gasteiger partial charge >= 0.3 is 5.69 Å². The number of aromatic nitrogens is 1. The number of hydrogen-bond acceptors (Lipinski definition) is 5. The van der Waals surface area contributed by atoms with Gasteiger partial charge in [-0.1, -0.05) is 23.7 Å². The molecule has 1 aromatic carbocycles.